The van der Waals surface area contributed by atoms with E-state index < -0.39 is 6.04 Å². The molecule has 0 bridgehead atoms. The summed E-state index contributed by atoms with van der Waals surface area (Å²) < 4.78 is 0.915. The summed E-state index contributed by atoms with van der Waals surface area (Å²) in [6.45, 7) is 7.79. The molecule has 156 valence electrons. The average Bonchev–Trinajstić information content (AvgIpc) is 2.60. The number of carbonyl (C=O) groups is 2. The lowest BCUT2D eigenvalue weighted by Crippen LogP contribution is -2.52. The molecule has 2 aromatic carbocycles. The highest BCUT2D eigenvalue weighted by molar-refractivity contribution is 9.10. The standard InChI is InChI=1S/C22H25BrCl2N2O2/c1-14(21(29)26-22(2,3)4)27(13-16-6-5-7-17(23)10-16)20(28)12-15-8-9-18(24)19(25)11-15/h5-11,14H,12-13H2,1-4H3,(H,26,29)/t14-/m0/s1. The zero-order valence-corrected chi connectivity index (χ0v) is 20.0. The predicted molar refractivity (Wildman–Crippen MR) is 122 cm³/mol. The second-order valence-electron chi connectivity index (χ2n) is 7.99. The first-order valence-electron chi connectivity index (χ1n) is 9.26. The summed E-state index contributed by atoms with van der Waals surface area (Å²) >= 11 is 15.5. The van der Waals surface area contributed by atoms with Gasteiger partial charge in [0.25, 0.3) is 0 Å². The van der Waals surface area contributed by atoms with Crippen LogP contribution in [0, 0.1) is 0 Å². The molecule has 0 spiro atoms. The third-order valence-electron chi connectivity index (χ3n) is 4.25. The highest BCUT2D eigenvalue weighted by Gasteiger charge is 2.28. The molecule has 0 saturated heterocycles. The van der Waals surface area contributed by atoms with Gasteiger partial charge in [-0.15, -0.1) is 0 Å². The van der Waals surface area contributed by atoms with Crippen molar-refractivity contribution in [1.29, 1.82) is 0 Å². The number of rotatable bonds is 6. The number of nitrogens with one attached hydrogen (secondary N) is 1. The fourth-order valence-corrected chi connectivity index (χ4v) is 3.58. The van der Waals surface area contributed by atoms with Gasteiger partial charge in [-0.05, 0) is 63.1 Å². The maximum Gasteiger partial charge on any atom is 0.242 e. The number of hydrogen-bond acceptors (Lipinski definition) is 2. The first kappa shape index (κ1) is 23.7. The molecular formula is C22H25BrCl2N2O2. The number of carbonyl (C=O) groups excluding carboxylic acids is 2. The Bertz CT molecular complexity index is 897. The van der Waals surface area contributed by atoms with Gasteiger partial charge in [-0.25, -0.2) is 0 Å². The molecule has 2 amide bonds. The first-order valence-corrected chi connectivity index (χ1v) is 10.8. The van der Waals surface area contributed by atoms with E-state index >= 15 is 0 Å². The molecule has 1 N–H and O–H groups in total. The maximum atomic E-state index is 13.2. The van der Waals surface area contributed by atoms with Crippen LogP contribution >= 0.6 is 39.1 Å². The van der Waals surface area contributed by atoms with Crippen molar-refractivity contribution in [3.8, 4) is 0 Å². The zero-order chi connectivity index (χ0) is 21.8. The van der Waals surface area contributed by atoms with Crippen molar-refractivity contribution in [1.82, 2.24) is 10.2 Å². The van der Waals surface area contributed by atoms with Gasteiger partial charge in [0.05, 0.1) is 16.5 Å². The quantitative estimate of drug-likeness (QED) is 0.559. The Hall–Kier alpha value is -1.56. The lowest BCUT2D eigenvalue weighted by molar-refractivity contribution is -0.140. The highest BCUT2D eigenvalue weighted by atomic mass is 79.9. The van der Waals surface area contributed by atoms with Crippen LogP contribution in [0.25, 0.3) is 0 Å². The molecule has 29 heavy (non-hydrogen) atoms. The summed E-state index contributed by atoms with van der Waals surface area (Å²) in [6.07, 6.45) is 0.123. The summed E-state index contributed by atoms with van der Waals surface area (Å²) in [6, 6.07) is 12.2. The smallest absolute Gasteiger partial charge is 0.242 e. The van der Waals surface area contributed by atoms with Gasteiger partial charge in [0, 0.05) is 16.6 Å². The summed E-state index contributed by atoms with van der Waals surface area (Å²) in [5, 5.41) is 3.79. The fraction of sp³-hybridized carbons (Fsp3) is 0.364. The minimum absolute atomic E-state index is 0.123. The molecule has 4 nitrogen and oxygen atoms in total. The van der Waals surface area contributed by atoms with E-state index in [4.69, 9.17) is 23.2 Å². The van der Waals surface area contributed by atoms with Crippen LogP contribution in [0.3, 0.4) is 0 Å². The van der Waals surface area contributed by atoms with Crippen LogP contribution in [0.1, 0.15) is 38.8 Å². The third-order valence-corrected chi connectivity index (χ3v) is 5.48. The van der Waals surface area contributed by atoms with Crippen LogP contribution in [0.15, 0.2) is 46.9 Å². The van der Waals surface area contributed by atoms with E-state index in [1.807, 2.05) is 45.0 Å². The summed E-state index contributed by atoms with van der Waals surface area (Å²) in [5.74, 6) is -0.366. The van der Waals surface area contributed by atoms with Crippen LogP contribution in [0.2, 0.25) is 10.0 Å². The number of halogens is 3. The molecule has 1 atom stereocenters. The minimum atomic E-state index is -0.636. The van der Waals surface area contributed by atoms with Crippen molar-refractivity contribution >= 4 is 50.9 Å². The molecule has 0 saturated carbocycles. The molecule has 2 aromatic rings. The van der Waals surface area contributed by atoms with E-state index in [9.17, 15) is 9.59 Å². The number of hydrogen-bond donors (Lipinski definition) is 1. The lowest BCUT2D eigenvalue weighted by Gasteiger charge is -2.31. The van der Waals surface area contributed by atoms with Crippen LogP contribution in [-0.4, -0.2) is 28.3 Å². The van der Waals surface area contributed by atoms with Crippen molar-refractivity contribution in [3.63, 3.8) is 0 Å². The van der Waals surface area contributed by atoms with Gasteiger partial charge in [-0.3, -0.25) is 9.59 Å². The van der Waals surface area contributed by atoms with Crippen LogP contribution < -0.4 is 5.32 Å². The molecule has 0 unspecified atom stereocenters. The summed E-state index contributed by atoms with van der Waals surface area (Å²) in [7, 11) is 0. The summed E-state index contributed by atoms with van der Waals surface area (Å²) in [5.41, 5.74) is 1.28. The van der Waals surface area contributed by atoms with E-state index in [0.717, 1.165) is 15.6 Å². The Morgan fingerprint density at radius 1 is 1.07 bits per heavy atom. The molecule has 2 rings (SSSR count). The van der Waals surface area contributed by atoms with Crippen molar-refractivity contribution in [2.75, 3.05) is 0 Å². The predicted octanol–water partition coefficient (Wildman–Crippen LogP) is 5.63. The topological polar surface area (TPSA) is 49.4 Å². The number of nitrogens with zero attached hydrogens (tertiary/aromatic N) is 1. The zero-order valence-electron chi connectivity index (χ0n) is 16.9. The third kappa shape index (κ3) is 7.32. The van der Waals surface area contributed by atoms with Crippen molar-refractivity contribution in [2.24, 2.45) is 0 Å². The minimum Gasteiger partial charge on any atom is -0.350 e. The van der Waals surface area contributed by atoms with Gasteiger partial charge >= 0.3 is 0 Å². The summed E-state index contributed by atoms with van der Waals surface area (Å²) in [4.78, 5) is 27.5. The molecule has 7 heteroatoms. The Morgan fingerprint density at radius 2 is 1.76 bits per heavy atom. The SMILES string of the molecule is C[C@@H](C(=O)NC(C)(C)C)N(Cc1cccc(Br)c1)C(=O)Cc1ccc(Cl)c(Cl)c1. The Balaban J connectivity index is 2.27. The first-order chi connectivity index (χ1) is 13.5. The van der Waals surface area contributed by atoms with E-state index in [0.29, 0.717) is 16.6 Å². The van der Waals surface area contributed by atoms with Gasteiger partial charge < -0.3 is 10.2 Å². The molecule has 0 heterocycles. The molecule has 0 aliphatic rings. The fourth-order valence-electron chi connectivity index (χ4n) is 2.81. The van der Waals surface area contributed by atoms with Gasteiger partial charge in [-0.2, -0.15) is 0 Å². The van der Waals surface area contributed by atoms with E-state index in [-0.39, 0.29) is 23.8 Å². The van der Waals surface area contributed by atoms with Crippen molar-refractivity contribution in [2.45, 2.75) is 52.2 Å². The van der Waals surface area contributed by atoms with E-state index in [1.165, 1.54) is 0 Å². The second kappa shape index (κ2) is 9.96. The van der Waals surface area contributed by atoms with E-state index in [1.54, 1.807) is 30.0 Å². The Labute approximate surface area is 190 Å². The van der Waals surface area contributed by atoms with Crippen LogP contribution in [0.4, 0.5) is 0 Å². The number of amides is 2. The van der Waals surface area contributed by atoms with Crippen LogP contribution in [0.5, 0.6) is 0 Å². The van der Waals surface area contributed by atoms with Crippen molar-refractivity contribution in [3.05, 3.63) is 68.1 Å². The maximum absolute atomic E-state index is 13.2. The molecule has 0 aliphatic carbocycles. The molecule has 0 radical (unpaired) electrons. The molecular weight excluding hydrogens is 475 g/mol. The lowest BCUT2D eigenvalue weighted by atomic mass is 10.1. The molecule has 0 aromatic heterocycles. The largest absolute Gasteiger partial charge is 0.350 e. The average molecular weight is 500 g/mol. The Morgan fingerprint density at radius 3 is 2.34 bits per heavy atom. The van der Waals surface area contributed by atoms with Crippen molar-refractivity contribution < 1.29 is 9.59 Å². The molecule has 0 fully saturated rings. The van der Waals surface area contributed by atoms with Crippen LogP contribution in [-0.2, 0) is 22.6 Å². The van der Waals surface area contributed by atoms with E-state index in [2.05, 4.69) is 21.2 Å². The molecule has 0 aliphatic heterocycles. The highest BCUT2D eigenvalue weighted by Crippen LogP contribution is 2.23. The van der Waals surface area contributed by atoms with Gasteiger partial charge in [0.2, 0.25) is 11.8 Å². The monoisotopic (exact) mass is 498 g/mol. The second-order valence-corrected chi connectivity index (χ2v) is 9.72. The van der Waals surface area contributed by atoms with Gasteiger partial charge in [0.15, 0.2) is 0 Å². The Kier molecular flexibility index (Phi) is 8.15. The van der Waals surface area contributed by atoms with Gasteiger partial charge in [-0.1, -0.05) is 57.3 Å². The number of benzene rings is 2. The normalized spacial score (nSPS) is 12.4. The van der Waals surface area contributed by atoms with Gasteiger partial charge in [0.1, 0.15) is 6.04 Å².